The maximum absolute atomic E-state index is 12.3. The summed E-state index contributed by atoms with van der Waals surface area (Å²) in [4.78, 5) is 4.11. The number of aromatic nitrogens is 2. The van der Waals surface area contributed by atoms with Gasteiger partial charge in [-0.2, -0.15) is 0 Å². The van der Waals surface area contributed by atoms with Gasteiger partial charge in [0.2, 0.25) is 10.0 Å². The van der Waals surface area contributed by atoms with Gasteiger partial charge in [0.15, 0.2) is 0 Å². The van der Waals surface area contributed by atoms with Crippen LogP contribution in [0.25, 0.3) is 0 Å². The fraction of sp³-hybridized carbons (Fsp3) is 0.357. The molecule has 0 amide bonds. The number of sulfonamides is 1. The Hall–Kier alpha value is -1.70. The van der Waals surface area contributed by atoms with E-state index in [-0.39, 0.29) is 18.0 Å². The zero-order valence-corrected chi connectivity index (χ0v) is 12.9. The largest absolute Gasteiger partial charge is 0.392 e. The van der Waals surface area contributed by atoms with Crippen LogP contribution < -0.4 is 4.72 Å². The molecule has 0 bridgehead atoms. The molecule has 114 valence electrons. The second-order valence-corrected chi connectivity index (χ2v) is 6.64. The van der Waals surface area contributed by atoms with Crippen molar-refractivity contribution in [3.63, 3.8) is 0 Å². The van der Waals surface area contributed by atoms with Gasteiger partial charge in [0.1, 0.15) is 0 Å². The first kappa shape index (κ1) is 15.7. The maximum Gasteiger partial charge on any atom is 0.240 e. The first-order valence-electron chi connectivity index (χ1n) is 6.60. The van der Waals surface area contributed by atoms with Gasteiger partial charge in [-0.15, -0.1) is 0 Å². The van der Waals surface area contributed by atoms with Crippen LogP contribution in [0.2, 0.25) is 0 Å². The number of aliphatic hydroxyl groups excluding tert-OH is 1. The molecule has 0 unspecified atom stereocenters. The molecule has 0 saturated heterocycles. The molecule has 1 aromatic carbocycles. The van der Waals surface area contributed by atoms with Crippen molar-refractivity contribution in [1.29, 1.82) is 0 Å². The third kappa shape index (κ3) is 3.69. The quantitative estimate of drug-likeness (QED) is 0.833. The fourth-order valence-electron chi connectivity index (χ4n) is 2.14. The van der Waals surface area contributed by atoms with Crippen LogP contribution in [0.5, 0.6) is 0 Å². The predicted molar refractivity (Wildman–Crippen MR) is 79.3 cm³/mol. The highest BCUT2D eigenvalue weighted by molar-refractivity contribution is 7.89. The number of aliphatic hydroxyl groups is 1. The zero-order valence-electron chi connectivity index (χ0n) is 12.1. The topological polar surface area (TPSA) is 84.2 Å². The SMILES string of the molecule is Cc1cc(C)c(S(=O)(=O)NCCn2ccnc2)cc1CO. The molecule has 0 spiro atoms. The van der Waals surface area contributed by atoms with Crippen LogP contribution >= 0.6 is 0 Å². The van der Waals surface area contributed by atoms with E-state index >= 15 is 0 Å². The maximum atomic E-state index is 12.3. The number of rotatable bonds is 6. The summed E-state index contributed by atoms with van der Waals surface area (Å²) in [7, 11) is -3.59. The molecule has 0 atom stereocenters. The van der Waals surface area contributed by atoms with E-state index in [0.29, 0.717) is 17.7 Å². The summed E-state index contributed by atoms with van der Waals surface area (Å²) in [6, 6.07) is 3.31. The summed E-state index contributed by atoms with van der Waals surface area (Å²) in [5.74, 6) is 0. The van der Waals surface area contributed by atoms with Crippen molar-refractivity contribution in [2.75, 3.05) is 6.54 Å². The van der Waals surface area contributed by atoms with Gasteiger partial charge in [0.05, 0.1) is 17.8 Å². The van der Waals surface area contributed by atoms with E-state index in [0.717, 1.165) is 5.56 Å². The van der Waals surface area contributed by atoms with Gasteiger partial charge in [0.25, 0.3) is 0 Å². The third-order valence-electron chi connectivity index (χ3n) is 3.31. The van der Waals surface area contributed by atoms with Crippen molar-refractivity contribution in [3.8, 4) is 0 Å². The number of hydrogen-bond acceptors (Lipinski definition) is 4. The highest BCUT2D eigenvalue weighted by Crippen LogP contribution is 2.20. The van der Waals surface area contributed by atoms with Gasteiger partial charge >= 0.3 is 0 Å². The zero-order chi connectivity index (χ0) is 15.5. The predicted octanol–water partition coefficient (Wildman–Crippen LogP) is 0.971. The molecule has 6 nitrogen and oxygen atoms in total. The average Bonchev–Trinajstić information content (AvgIpc) is 2.91. The van der Waals surface area contributed by atoms with Crippen LogP contribution in [0.3, 0.4) is 0 Å². The lowest BCUT2D eigenvalue weighted by Gasteiger charge is -2.12. The molecule has 2 N–H and O–H groups in total. The molecule has 7 heteroatoms. The van der Waals surface area contributed by atoms with E-state index in [9.17, 15) is 13.5 Å². The first-order chi connectivity index (χ1) is 9.94. The molecule has 1 aromatic heterocycles. The van der Waals surface area contributed by atoms with Crippen molar-refractivity contribution < 1.29 is 13.5 Å². The van der Waals surface area contributed by atoms with Crippen LogP contribution in [0.4, 0.5) is 0 Å². The highest BCUT2D eigenvalue weighted by atomic mass is 32.2. The van der Waals surface area contributed by atoms with E-state index in [1.165, 1.54) is 6.07 Å². The van der Waals surface area contributed by atoms with Gasteiger partial charge in [-0.05, 0) is 36.6 Å². The Morgan fingerprint density at radius 2 is 2.05 bits per heavy atom. The van der Waals surface area contributed by atoms with Crippen LogP contribution in [0, 0.1) is 13.8 Å². The third-order valence-corrected chi connectivity index (χ3v) is 4.92. The molecular weight excluding hydrogens is 290 g/mol. The summed E-state index contributed by atoms with van der Waals surface area (Å²) < 4.78 is 29.0. The lowest BCUT2D eigenvalue weighted by Crippen LogP contribution is -2.28. The minimum Gasteiger partial charge on any atom is -0.392 e. The number of benzene rings is 1. The second kappa shape index (κ2) is 6.38. The summed E-state index contributed by atoms with van der Waals surface area (Å²) >= 11 is 0. The van der Waals surface area contributed by atoms with E-state index in [2.05, 4.69) is 9.71 Å². The van der Waals surface area contributed by atoms with Gasteiger partial charge in [0, 0.05) is 25.5 Å². The minimum atomic E-state index is -3.59. The molecule has 0 radical (unpaired) electrons. The molecule has 0 aliphatic heterocycles. The molecule has 21 heavy (non-hydrogen) atoms. The average molecular weight is 309 g/mol. The number of imidazole rings is 1. The molecule has 0 aliphatic carbocycles. The van der Waals surface area contributed by atoms with Crippen LogP contribution in [0.15, 0.2) is 35.7 Å². The molecule has 0 saturated carbocycles. The summed E-state index contributed by atoms with van der Waals surface area (Å²) in [6.45, 7) is 4.21. The lowest BCUT2D eigenvalue weighted by molar-refractivity contribution is 0.280. The molecule has 2 aromatic rings. The molecule has 0 aliphatic rings. The fourth-order valence-corrected chi connectivity index (χ4v) is 3.44. The molecule has 0 fully saturated rings. The summed E-state index contributed by atoms with van der Waals surface area (Å²) in [6.07, 6.45) is 5.05. The van der Waals surface area contributed by atoms with E-state index in [4.69, 9.17) is 0 Å². The van der Waals surface area contributed by atoms with E-state index in [1.54, 1.807) is 36.3 Å². The van der Waals surface area contributed by atoms with Gasteiger partial charge < -0.3 is 9.67 Å². The number of aryl methyl sites for hydroxylation is 2. The number of nitrogens with one attached hydrogen (secondary N) is 1. The Bertz CT molecular complexity index is 709. The standard InChI is InChI=1S/C14H19N3O3S/c1-11-7-12(2)14(8-13(11)9-18)21(19,20)16-4-6-17-5-3-15-10-17/h3,5,7-8,10,16,18H,4,6,9H2,1-2H3. The van der Waals surface area contributed by atoms with Crippen molar-refractivity contribution in [1.82, 2.24) is 14.3 Å². The van der Waals surface area contributed by atoms with Crippen molar-refractivity contribution in [3.05, 3.63) is 47.5 Å². The molecule has 2 rings (SSSR count). The van der Waals surface area contributed by atoms with Gasteiger partial charge in [-0.1, -0.05) is 6.07 Å². The summed E-state index contributed by atoms with van der Waals surface area (Å²) in [5.41, 5.74) is 2.17. The van der Waals surface area contributed by atoms with Crippen LogP contribution in [-0.4, -0.2) is 29.6 Å². The molecule has 1 heterocycles. The minimum absolute atomic E-state index is 0.177. The molecular formula is C14H19N3O3S. The Labute approximate surface area is 124 Å². The van der Waals surface area contributed by atoms with Crippen LogP contribution in [-0.2, 0) is 23.2 Å². The highest BCUT2D eigenvalue weighted by Gasteiger charge is 2.17. The summed E-state index contributed by atoms with van der Waals surface area (Å²) in [5, 5.41) is 9.28. The lowest BCUT2D eigenvalue weighted by atomic mass is 10.1. The number of nitrogens with zero attached hydrogens (tertiary/aromatic N) is 2. The van der Waals surface area contributed by atoms with Crippen molar-refractivity contribution >= 4 is 10.0 Å². The van der Waals surface area contributed by atoms with E-state index < -0.39 is 10.0 Å². The van der Waals surface area contributed by atoms with Crippen molar-refractivity contribution in [2.45, 2.75) is 31.9 Å². The van der Waals surface area contributed by atoms with E-state index in [1.807, 2.05) is 6.92 Å². The Morgan fingerprint density at radius 1 is 1.29 bits per heavy atom. The normalized spacial score (nSPS) is 11.8. The Balaban J connectivity index is 2.15. The Kier molecular flexibility index (Phi) is 4.76. The van der Waals surface area contributed by atoms with Gasteiger partial charge in [-0.25, -0.2) is 18.1 Å². The smallest absolute Gasteiger partial charge is 0.240 e. The first-order valence-corrected chi connectivity index (χ1v) is 8.09. The second-order valence-electron chi connectivity index (χ2n) is 4.90. The van der Waals surface area contributed by atoms with Gasteiger partial charge in [-0.3, -0.25) is 0 Å². The Morgan fingerprint density at radius 3 is 2.67 bits per heavy atom. The van der Waals surface area contributed by atoms with Crippen molar-refractivity contribution in [2.24, 2.45) is 0 Å². The number of hydrogen-bond donors (Lipinski definition) is 2. The van der Waals surface area contributed by atoms with Crippen LogP contribution in [0.1, 0.15) is 16.7 Å². The monoisotopic (exact) mass is 309 g/mol.